The van der Waals surface area contributed by atoms with Gasteiger partial charge in [-0.05, 0) is 48.9 Å². The van der Waals surface area contributed by atoms with Crippen LogP contribution < -0.4 is 15.4 Å². The van der Waals surface area contributed by atoms with Gasteiger partial charge in [-0.2, -0.15) is 0 Å². The quantitative estimate of drug-likeness (QED) is 0.697. The Labute approximate surface area is 144 Å². The maximum Gasteiger partial charge on any atom is 0.322 e. The average Bonchev–Trinajstić information content (AvgIpc) is 2.51. The Balaban J connectivity index is 1.83. The van der Waals surface area contributed by atoms with Crippen molar-refractivity contribution in [2.45, 2.75) is 19.6 Å². The number of anilines is 1. The second-order valence-corrected chi connectivity index (χ2v) is 5.52. The molecule has 6 nitrogen and oxygen atoms in total. The molecule has 2 aromatic carbocycles. The van der Waals surface area contributed by atoms with Gasteiger partial charge in [0.05, 0.1) is 6.42 Å². The van der Waals surface area contributed by atoms with Gasteiger partial charge in [0, 0.05) is 10.7 Å². The zero-order valence-electron chi connectivity index (χ0n) is 13.0. The Morgan fingerprint density at radius 3 is 2.33 bits per heavy atom. The van der Waals surface area contributed by atoms with Gasteiger partial charge in [-0.25, -0.2) is 4.79 Å². The summed E-state index contributed by atoms with van der Waals surface area (Å²) in [7, 11) is 0. The molecule has 0 spiro atoms. The van der Waals surface area contributed by atoms with Crippen LogP contribution in [0.15, 0.2) is 48.5 Å². The lowest BCUT2D eigenvalue weighted by atomic mass is 10.1. The summed E-state index contributed by atoms with van der Waals surface area (Å²) in [6.07, 6.45) is -0.601. The molecule has 0 aliphatic carbocycles. The fourth-order valence-electron chi connectivity index (χ4n) is 1.98. The van der Waals surface area contributed by atoms with Crippen molar-refractivity contribution in [3.8, 4) is 5.75 Å². The summed E-state index contributed by atoms with van der Waals surface area (Å²) in [6.45, 7) is 1.70. The first-order chi connectivity index (χ1) is 11.4. The maximum atomic E-state index is 11.9. The van der Waals surface area contributed by atoms with Crippen molar-refractivity contribution in [2.75, 3.05) is 5.32 Å². The number of ether oxygens (including phenoxy) is 1. The van der Waals surface area contributed by atoms with Crippen LogP contribution in [0.5, 0.6) is 5.75 Å². The molecule has 0 heterocycles. The van der Waals surface area contributed by atoms with Gasteiger partial charge in [0.2, 0.25) is 0 Å². The summed E-state index contributed by atoms with van der Waals surface area (Å²) >= 11 is 5.79. The van der Waals surface area contributed by atoms with Crippen molar-refractivity contribution in [2.24, 2.45) is 0 Å². The summed E-state index contributed by atoms with van der Waals surface area (Å²) in [4.78, 5) is 22.5. The standard InChI is InChI=1S/C17H17ClN2O4/c1-11(24-15-8-4-13(18)5-9-15)19-17(23)20-14-6-2-12(3-7-14)10-16(21)22/h2-9,11H,10H2,1H3,(H,21,22)(H2,19,20,23). The van der Waals surface area contributed by atoms with E-state index in [9.17, 15) is 9.59 Å². The van der Waals surface area contributed by atoms with Crippen LogP contribution in [0.2, 0.25) is 5.02 Å². The smallest absolute Gasteiger partial charge is 0.322 e. The zero-order valence-corrected chi connectivity index (χ0v) is 13.7. The lowest BCUT2D eigenvalue weighted by Gasteiger charge is -2.17. The van der Waals surface area contributed by atoms with Crippen molar-refractivity contribution in [1.29, 1.82) is 0 Å². The molecule has 2 rings (SSSR count). The van der Waals surface area contributed by atoms with Gasteiger partial charge in [-0.3, -0.25) is 4.79 Å². The highest BCUT2D eigenvalue weighted by Gasteiger charge is 2.09. The molecule has 0 radical (unpaired) electrons. The molecule has 0 aliphatic heterocycles. The topological polar surface area (TPSA) is 87.7 Å². The van der Waals surface area contributed by atoms with Crippen LogP contribution in [0.1, 0.15) is 12.5 Å². The molecule has 0 aliphatic rings. The zero-order chi connectivity index (χ0) is 17.5. The number of carbonyl (C=O) groups excluding carboxylic acids is 1. The number of amides is 2. The lowest BCUT2D eigenvalue weighted by molar-refractivity contribution is -0.136. The van der Waals surface area contributed by atoms with Crippen LogP contribution in [0.3, 0.4) is 0 Å². The highest BCUT2D eigenvalue weighted by atomic mass is 35.5. The van der Waals surface area contributed by atoms with Gasteiger partial charge in [-0.15, -0.1) is 0 Å². The summed E-state index contributed by atoms with van der Waals surface area (Å²) in [5.74, 6) is -0.313. The van der Waals surface area contributed by atoms with E-state index in [2.05, 4.69) is 10.6 Å². The van der Waals surface area contributed by atoms with Gasteiger partial charge in [0.15, 0.2) is 6.23 Å². The third-order valence-electron chi connectivity index (χ3n) is 3.03. The van der Waals surface area contributed by atoms with E-state index < -0.39 is 18.2 Å². The molecule has 3 N–H and O–H groups in total. The van der Waals surface area contributed by atoms with Crippen LogP contribution in [0, 0.1) is 0 Å². The Morgan fingerprint density at radius 2 is 1.75 bits per heavy atom. The Morgan fingerprint density at radius 1 is 1.12 bits per heavy atom. The second kappa shape index (κ2) is 8.21. The van der Waals surface area contributed by atoms with E-state index in [4.69, 9.17) is 21.4 Å². The number of hydrogen-bond acceptors (Lipinski definition) is 3. The number of carboxylic acid groups (broad SMARTS) is 1. The Bertz CT molecular complexity index is 702. The van der Waals surface area contributed by atoms with Gasteiger partial charge < -0.3 is 20.5 Å². The predicted molar refractivity (Wildman–Crippen MR) is 91.5 cm³/mol. The fourth-order valence-corrected chi connectivity index (χ4v) is 2.11. The number of carbonyl (C=O) groups is 2. The van der Waals surface area contributed by atoms with Crippen LogP contribution in [0.25, 0.3) is 0 Å². The summed E-state index contributed by atoms with van der Waals surface area (Å²) in [6, 6.07) is 13.0. The van der Waals surface area contributed by atoms with Crippen LogP contribution in [-0.2, 0) is 11.2 Å². The van der Waals surface area contributed by atoms with E-state index in [-0.39, 0.29) is 6.42 Å². The lowest BCUT2D eigenvalue weighted by Crippen LogP contribution is -2.39. The first-order valence-electron chi connectivity index (χ1n) is 7.23. The minimum absolute atomic E-state index is 0.0571. The van der Waals surface area contributed by atoms with E-state index in [0.717, 1.165) is 0 Å². The summed E-state index contributed by atoms with van der Waals surface area (Å²) < 4.78 is 5.54. The average molecular weight is 349 g/mol. The number of carboxylic acids is 1. The van der Waals surface area contributed by atoms with E-state index in [1.807, 2.05) is 0 Å². The molecular formula is C17H17ClN2O4. The molecule has 1 unspecified atom stereocenters. The van der Waals surface area contributed by atoms with Crippen LogP contribution in [0.4, 0.5) is 10.5 Å². The van der Waals surface area contributed by atoms with E-state index in [1.54, 1.807) is 55.5 Å². The largest absolute Gasteiger partial charge is 0.481 e. The van der Waals surface area contributed by atoms with E-state index >= 15 is 0 Å². The molecule has 7 heteroatoms. The summed E-state index contributed by atoms with van der Waals surface area (Å²) in [5.41, 5.74) is 1.22. The number of rotatable bonds is 6. The molecule has 0 saturated carbocycles. The molecule has 0 bridgehead atoms. The van der Waals surface area contributed by atoms with Gasteiger partial charge >= 0.3 is 12.0 Å². The highest BCUT2D eigenvalue weighted by molar-refractivity contribution is 6.30. The number of aliphatic carboxylic acids is 1. The second-order valence-electron chi connectivity index (χ2n) is 5.08. The molecule has 0 saturated heterocycles. The number of nitrogens with one attached hydrogen (secondary N) is 2. The third-order valence-corrected chi connectivity index (χ3v) is 3.28. The Hall–Kier alpha value is -2.73. The molecule has 2 aromatic rings. The van der Waals surface area contributed by atoms with Crippen molar-refractivity contribution < 1.29 is 19.4 Å². The number of hydrogen-bond donors (Lipinski definition) is 3. The molecule has 2 amide bonds. The molecule has 1 atom stereocenters. The number of benzene rings is 2. The van der Waals surface area contributed by atoms with Crippen molar-refractivity contribution in [1.82, 2.24) is 5.32 Å². The molecular weight excluding hydrogens is 332 g/mol. The van der Waals surface area contributed by atoms with Crippen LogP contribution >= 0.6 is 11.6 Å². The third kappa shape index (κ3) is 5.81. The number of urea groups is 1. The normalized spacial score (nSPS) is 11.4. The Kier molecular flexibility index (Phi) is 6.03. The predicted octanol–water partition coefficient (Wildman–Crippen LogP) is 3.51. The first kappa shape index (κ1) is 17.6. The minimum Gasteiger partial charge on any atom is -0.481 e. The summed E-state index contributed by atoms with van der Waals surface area (Å²) in [5, 5.41) is 14.6. The van der Waals surface area contributed by atoms with E-state index in [1.165, 1.54) is 0 Å². The SMILES string of the molecule is CC(NC(=O)Nc1ccc(CC(=O)O)cc1)Oc1ccc(Cl)cc1. The van der Waals surface area contributed by atoms with Gasteiger partial charge in [0.25, 0.3) is 0 Å². The minimum atomic E-state index is -0.901. The fraction of sp³-hybridized carbons (Fsp3) is 0.176. The van der Waals surface area contributed by atoms with E-state index in [0.29, 0.717) is 22.0 Å². The van der Waals surface area contributed by atoms with Gasteiger partial charge in [0.1, 0.15) is 5.75 Å². The van der Waals surface area contributed by atoms with Gasteiger partial charge in [-0.1, -0.05) is 23.7 Å². The number of halogens is 1. The first-order valence-corrected chi connectivity index (χ1v) is 7.60. The molecule has 126 valence electrons. The van der Waals surface area contributed by atoms with Crippen molar-refractivity contribution in [3.05, 3.63) is 59.1 Å². The molecule has 24 heavy (non-hydrogen) atoms. The van der Waals surface area contributed by atoms with Crippen molar-refractivity contribution >= 4 is 29.3 Å². The van der Waals surface area contributed by atoms with Crippen molar-refractivity contribution in [3.63, 3.8) is 0 Å². The molecule has 0 fully saturated rings. The van der Waals surface area contributed by atoms with Crippen LogP contribution in [-0.4, -0.2) is 23.3 Å². The molecule has 0 aromatic heterocycles. The maximum absolute atomic E-state index is 11.9. The highest BCUT2D eigenvalue weighted by Crippen LogP contribution is 2.16. The monoisotopic (exact) mass is 348 g/mol.